The van der Waals surface area contributed by atoms with Crippen LogP contribution in [-0.2, 0) is 9.59 Å². The van der Waals surface area contributed by atoms with Crippen LogP contribution in [0.25, 0.3) is 0 Å². The Morgan fingerprint density at radius 2 is 1.32 bits per heavy atom. The van der Waals surface area contributed by atoms with Crippen LogP contribution in [0.4, 0.5) is 0 Å². The molecule has 22 heavy (non-hydrogen) atoms. The van der Waals surface area contributed by atoms with Gasteiger partial charge in [-0.25, -0.2) is 0 Å². The molecule has 0 unspecified atom stereocenters. The summed E-state index contributed by atoms with van der Waals surface area (Å²) in [4.78, 5) is 23.7. The van der Waals surface area contributed by atoms with Gasteiger partial charge in [0.2, 0.25) is 5.91 Å². The van der Waals surface area contributed by atoms with E-state index in [1.165, 1.54) is 49.8 Å². The molecule has 0 spiro atoms. The smallest absolute Gasteiger partial charge is 0.312 e. The van der Waals surface area contributed by atoms with Gasteiger partial charge in [-0.05, 0) is 6.42 Å². The lowest BCUT2D eigenvalue weighted by Crippen LogP contribution is -2.35. The normalized spacial score (nSPS) is 10.6. The molecule has 130 valence electrons. The number of carboxylic acid groups (broad SMARTS) is 1. The second kappa shape index (κ2) is 14.8. The number of aliphatic hydroxyl groups is 1. The van der Waals surface area contributed by atoms with E-state index >= 15 is 0 Å². The molecule has 0 radical (unpaired) electrons. The molecule has 0 aliphatic carbocycles. The third-order valence-corrected chi connectivity index (χ3v) is 3.81. The predicted octanol–water partition coefficient (Wildman–Crippen LogP) is 3.20. The van der Waals surface area contributed by atoms with Crippen molar-refractivity contribution in [2.24, 2.45) is 0 Å². The van der Waals surface area contributed by atoms with Gasteiger partial charge in [0.1, 0.15) is 6.42 Å². The minimum absolute atomic E-state index is 0.122. The summed E-state index contributed by atoms with van der Waals surface area (Å²) in [5.41, 5.74) is 0. The molecule has 0 fully saturated rings. The first-order valence-corrected chi connectivity index (χ1v) is 8.72. The number of carboxylic acids is 1. The Labute approximate surface area is 134 Å². The maximum atomic E-state index is 11.7. The van der Waals surface area contributed by atoms with Crippen molar-refractivity contribution in [2.75, 3.05) is 19.7 Å². The average molecular weight is 315 g/mol. The third kappa shape index (κ3) is 12.6. The zero-order valence-corrected chi connectivity index (χ0v) is 14.1. The molecule has 0 aliphatic heterocycles. The standard InChI is InChI=1S/C17H33NO4/c1-2-3-4-5-6-7-8-9-10-11-12-18(13-14-19)16(20)15-17(21)22/h19H,2-15H2,1H3,(H,21,22). The first-order valence-electron chi connectivity index (χ1n) is 8.72. The summed E-state index contributed by atoms with van der Waals surface area (Å²) >= 11 is 0. The molecule has 0 aromatic carbocycles. The summed E-state index contributed by atoms with van der Waals surface area (Å²) in [6, 6.07) is 0. The van der Waals surface area contributed by atoms with Gasteiger partial charge in [-0.1, -0.05) is 64.7 Å². The maximum Gasteiger partial charge on any atom is 0.312 e. The van der Waals surface area contributed by atoms with Gasteiger partial charge >= 0.3 is 5.97 Å². The zero-order valence-electron chi connectivity index (χ0n) is 14.1. The van der Waals surface area contributed by atoms with Gasteiger partial charge in [0.05, 0.1) is 6.61 Å². The van der Waals surface area contributed by atoms with E-state index in [1.54, 1.807) is 0 Å². The van der Waals surface area contributed by atoms with Crippen LogP contribution in [0.2, 0.25) is 0 Å². The highest BCUT2D eigenvalue weighted by molar-refractivity contribution is 5.93. The summed E-state index contributed by atoms with van der Waals surface area (Å²) in [5.74, 6) is -1.52. The number of rotatable bonds is 15. The van der Waals surface area contributed by atoms with Crippen molar-refractivity contribution in [2.45, 2.75) is 77.6 Å². The van der Waals surface area contributed by atoms with Crippen molar-refractivity contribution in [1.82, 2.24) is 4.90 Å². The van der Waals surface area contributed by atoms with E-state index in [1.807, 2.05) is 0 Å². The lowest BCUT2D eigenvalue weighted by Gasteiger charge is -2.20. The van der Waals surface area contributed by atoms with Crippen LogP contribution in [0, 0.1) is 0 Å². The van der Waals surface area contributed by atoms with Gasteiger partial charge in [0.15, 0.2) is 0 Å². The number of hydrogen-bond donors (Lipinski definition) is 2. The van der Waals surface area contributed by atoms with E-state index in [2.05, 4.69) is 6.92 Å². The van der Waals surface area contributed by atoms with Crippen molar-refractivity contribution >= 4 is 11.9 Å². The minimum atomic E-state index is -1.11. The quantitative estimate of drug-likeness (QED) is 0.359. The second-order valence-corrected chi connectivity index (χ2v) is 5.86. The Hall–Kier alpha value is -1.10. The number of unbranched alkanes of at least 4 members (excludes halogenated alkanes) is 9. The predicted molar refractivity (Wildman–Crippen MR) is 87.8 cm³/mol. The number of amides is 1. The lowest BCUT2D eigenvalue weighted by molar-refractivity contribution is -0.144. The van der Waals surface area contributed by atoms with E-state index in [0.717, 1.165) is 19.3 Å². The van der Waals surface area contributed by atoms with Crippen LogP contribution in [0.3, 0.4) is 0 Å². The minimum Gasteiger partial charge on any atom is -0.481 e. The molecular formula is C17H33NO4. The van der Waals surface area contributed by atoms with Crippen LogP contribution in [-0.4, -0.2) is 46.7 Å². The van der Waals surface area contributed by atoms with Crippen molar-refractivity contribution in [3.8, 4) is 0 Å². The highest BCUT2D eigenvalue weighted by Gasteiger charge is 2.15. The largest absolute Gasteiger partial charge is 0.481 e. The number of aliphatic carboxylic acids is 1. The Balaban J connectivity index is 3.60. The molecule has 5 heteroatoms. The monoisotopic (exact) mass is 315 g/mol. The van der Waals surface area contributed by atoms with Gasteiger partial charge in [0.25, 0.3) is 0 Å². The second-order valence-electron chi connectivity index (χ2n) is 5.86. The van der Waals surface area contributed by atoms with Crippen molar-refractivity contribution in [1.29, 1.82) is 0 Å². The Morgan fingerprint density at radius 1 is 0.818 bits per heavy atom. The molecule has 0 aliphatic rings. The molecule has 0 aromatic rings. The van der Waals surface area contributed by atoms with E-state index in [-0.39, 0.29) is 13.2 Å². The fraction of sp³-hybridized carbons (Fsp3) is 0.882. The number of carbonyl (C=O) groups excluding carboxylic acids is 1. The molecule has 1 amide bonds. The molecule has 0 heterocycles. The molecule has 0 atom stereocenters. The molecular weight excluding hydrogens is 282 g/mol. The summed E-state index contributed by atoms with van der Waals surface area (Å²) in [7, 11) is 0. The molecule has 0 bridgehead atoms. The van der Waals surface area contributed by atoms with E-state index in [9.17, 15) is 9.59 Å². The van der Waals surface area contributed by atoms with E-state index in [0.29, 0.717) is 6.54 Å². The summed E-state index contributed by atoms with van der Waals surface area (Å²) in [6.07, 6.45) is 11.7. The summed E-state index contributed by atoms with van der Waals surface area (Å²) in [6.45, 7) is 2.87. The maximum absolute atomic E-state index is 11.7. The highest BCUT2D eigenvalue weighted by atomic mass is 16.4. The number of hydrogen-bond acceptors (Lipinski definition) is 3. The lowest BCUT2D eigenvalue weighted by atomic mass is 10.1. The van der Waals surface area contributed by atoms with Crippen molar-refractivity contribution in [3.63, 3.8) is 0 Å². The fourth-order valence-corrected chi connectivity index (χ4v) is 2.51. The van der Waals surface area contributed by atoms with Gasteiger partial charge in [-0.2, -0.15) is 0 Å². The molecule has 0 rings (SSSR count). The Kier molecular flexibility index (Phi) is 14.1. The van der Waals surface area contributed by atoms with Crippen LogP contribution in [0.5, 0.6) is 0 Å². The molecule has 2 N–H and O–H groups in total. The van der Waals surface area contributed by atoms with Gasteiger partial charge in [0, 0.05) is 13.1 Å². The average Bonchev–Trinajstić information content (AvgIpc) is 2.47. The van der Waals surface area contributed by atoms with E-state index in [4.69, 9.17) is 10.2 Å². The topological polar surface area (TPSA) is 77.8 Å². The van der Waals surface area contributed by atoms with Gasteiger partial charge in [-0.15, -0.1) is 0 Å². The van der Waals surface area contributed by atoms with Crippen LogP contribution in [0.15, 0.2) is 0 Å². The zero-order chi connectivity index (χ0) is 16.6. The summed E-state index contributed by atoms with van der Waals surface area (Å²) in [5, 5.41) is 17.6. The van der Waals surface area contributed by atoms with Crippen LogP contribution >= 0.6 is 0 Å². The van der Waals surface area contributed by atoms with Gasteiger partial charge in [-0.3, -0.25) is 9.59 Å². The molecule has 0 saturated heterocycles. The number of nitrogens with zero attached hydrogens (tertiary/aromatic N) is 1. The first kappa shape index (κ1) is 20.9. The number of carbonyl (C=O) groups is 2. The molecule has 5 nitrogen and oxygen atoms in total. The van der Waals surface area contributed by atoms with Crippen molar-refractivity contribution in [3.05, 3.63) is 0 Å². The highest BCUT2D eigenvalue weighted by Crippen LogP contribution is 2.11. The third-order valence-electron chi connectivity index (χ3n) is 3.81. The van der Waals surface area contributed by atoms with Crippen molar-refractivity contribution < 1.29 is 19.8 Å². The first-order chi connectivity index (χ1) is 10.6. The van der Waals surface area contributed by atoms with Crippen LogP contribution in [0.1, 0.15) is 77.6 Å². The Bertz CT molecular complexity index is 294. The van der Waals surface area contributed by atoms with Crippen LogP contribution < -0.4 is 0 Å². The molecule has 0 saturated carbocycles. The van der Waals surface area contributed by atoms with Gasteiger partial charge < -0.3 is 15.1 Å². The van der Waals surface area contributed by atoms with E-state index < -0.39 is 18.3 Å². The molecule has 0 aromatic heterocycles. The summed E-state index contributed by atoms with van der Waals surface area (Å²) < 4.78 is 0. The Morgan fingerprint density at radius 3 is 1.77 bits per heavy atom. The number of aliphatic hydroxyl groups excluding tert-OH is 1. The fourth-order valence-electron chi connectivity index (χ4n) is 2.51. The SMILES string of the molecule is CCCCCCCCCCCCN(CCO)C(=O)CC(=O)O.